The third-order valence-corrected chi connectivity index (χ3v) is 6.02. The molecular formula is C22H21FN2OS. The minimum Gasteiger partial charge on any atom is -0.350 e. The molecule has 0 saturated heterocycles. The van der Waals surface area contributed by atoms with Crippen LogP contribution in [0, 0.1) is 5.82 Å². The molecule has 2 heterocycles. The molecule has 0 bridgehead atoms. The van der Waals surface area contributed by atoms with Crippen LogP contribution < -0.4 is 5.32 Å². The van der Waals surface area contributed by atoms with Crippen LogP contribution in [0.2, 0.25) is 0 Å². The summed E-state index contributed by atoms with van der Waals surface area (Å²) in [7, 11) is 0. The van der Waals surface area contributed by atoms with Gasteiger partial charge in [-0.15, -0.1) is 11.3 Å². The Kier molecular flexibility index (Phi) is 5.32. The van der Waals surface area contributed by atoms with Crippen LogP contribution in [-0.4, -0.2) is 23.9 Å². The van der Waals surface area contributed by atoms with Gasteiger partial charge in [-0.25, -0.2) is 4.39 Å². The fourth-order valence-electron chi connectivity index (χ4n) is 3.60. The van der Waals surface area contributed by atoms with Crippen LogP contribution in [0.1, 0.15) is 32.4 Å². The molecule has 27 heavy (non-hydrogen) atoms. The van der Waals surface area contributed by atoms with Gasteiger partial charge in [-0.1, -0.05) is 42.5 Å². The molecule has 1 amide bonds. The Morgan fingerprint density at radius 2 is 1.85 bits per heavy atom. The van der Waals surface area contributed by atoms with Crippen LogP contribution in [-0.2, 0) is 13.0 Å². The normalized spacial score (nSPS) is 15.1. The second-order valence-electron chi connectivity index (χ2n) is 6.71. The molecule has 0 aliphatic carbocycles. The first-order valence-electron chi connectivity index (χ1n) is 9.09. The van der Waals surface area contributed by atoms with E-state index in [0.29, 0.717) is 6.54 Å². The van der Waals surface area contributed by atoms with Crippen molar-refractivity contribution in [3.05, 3.63) is 93.4 Å². The first-order valence-corrected chi connectivity index (χ1v) is 9.97. The average Bonchev–Trinajstić information content (AvgIpc) is 3.23. The van der Waals surface area contributed by atoms with Gasteiger partial charge >= 0.3 is 0 Å². The van der Waals surface area contributed by atoms with Gasteiger partial charge in [0.2, 0.25) is 0 Å². The van der Waals surface area contributed by atoms with Gasteiger partial charge in [0.15, 0.2) is 0 Å². The molecule has 1 aliphatic rings. The zero-order valence-electron chi connectivity index (χ0n) is 14.9. The highest BCUT2D eigenvalue weighted by molar-refractivity contribution is 7.10. The van der Waals surface area contributed by atoms with Crippen molar-refractivity contribution in [3.8, 4) is 0 Å². The zero-order valence-corrected chi connectivity index (χ0v) is 15.7. The van der Waals surface area contributed by atoms with Crippen molar-refractivity contribution in [2.24, 2.45) is 0 Å². The number of benzene rings is 2. The van der Waals surface area contributed by atoms with Gasteiger partial charge in [0.1, 0.15) is 5.82 Å². The summed E-state index contributed by atoms with van der Waals surface area (Å²) in [6.07, 6.45) is 0.999. The molecule has 1 aliphatic heterocycles. The van der Waals surface area contributed by atoms with Crippen molar-refractivity contribution in [2.75, 3.05) is 13.1 Å². The van der Waals surface area contributed by atoms with Gasteiger partial charge in [0, 0.05) is 24.5 Å². The molecule has 0 saturated carbocycles. The molecule has 0 spiro atoms. The maximum Gasteiger partial charge on any atom is 0.254 e. The lowest BCUT2D eigenvalue weighted by atomic mass is 9.98. The summed E-state index contributed by atoms with van der Waals surface area (Å²) in [4.78, 5) is 16.1. The molecule has 4 rings (SSSR count). The van der Waals surface area contributed by atoms with E-state index in [1.54, 1.807) is 23.5 Å². The Balaban J connectivity index is 1.51. The number of hydrogen-bond donors (Lipinski definition) is 1. The van der Waals surface area contributed by atoms with E-state index < -0.39 is 5.82 Å². The molecule has 1 aromatic heterocycles. The van der Waals surface area contributed by atoms with Gasteiger partial charge in [0.05, 0.1) is 11.6 Å². The van der Waals surface area contributed by atoms with E-state index in [1.807, 2.05) is 6.07 Å². The van der Waals surface area contributed by atoms with Crippen LogP contribution in [0.25, 0.3) is 0 Å². The number of amides is 1. The third-order valence-electron chi connectivity index (χ3n) is 5.05. The fourth-order valence-corrected chi connectivity index (χ4v) is 4.46. The minimum absolute atomic E-state index is 0.0779. The van der Waals surface area contributed by atoms with Gasteiger partial charge in [-0.3, -0.25) is 9.69 Å². The summed E-state index contributed by atoms with van der Waals surface area (Å²) < 4.78 is 13.9. The predicted molar refractivity (Wildman–Crippen MR) is 106 cm³/mol. The van der Waals surface area contributed by atoms with Crippen molar-refractivity contribution < 1.29 is 9.18 Å². The lowest BCUT2D eigenvalue weighted by molar-refractivity contribution is 0.0925. The van der Waals surface area contributed by atoms with E-state index in [2.05, 4.69) is 45.9 Å². The quantitative estimate of drug-likeness (QED) is 0.711. The van der Waals surface area contributed by atoms with Crippen molar-refractivity contribution in [2.45, 2.75) is 19.0 Å². The Morgan fingerprint density at radius 1 is 1.07 bits per heavy atom. The van der Waals surface area contributed by atoms with Crippen molar-refractivity contribution in [3.63, 3.8) is 0 Å². The molecule has 3 nitrogen and oxygen atoms in total. The largest absolute Gasteiger partial charge is 0.350 e. The Hall–Kier alpha value is -2.50. The van der Waals surface area contributed by atoms with E-state index in [0.717, 1.165) is 19.5 Å². The lowest BCUT2D eigenvalue weighted by Gasteiger charge is -2.35. The summed E-state index contributed by atoms with van der Waals surface area (Å²) in [5.74, 6) is -0.860. The molecule has 3 aromatic rings. The summed E-state index contributed by atoms with van der Waals surface area (Å²) >= 11 is 1.69. The fraction of sp³-hybridized carbons (Fsp3) is 0.227. The maximum absolute atomic E-state index is 13.9. The molecule has 1 N–H and O–H groups in total. The lowest BCUT2D eigenvalue weighted by Crippen LogP contribution is -2.40. The van der Waals surface area contributed by atoms with E-state index >= 15 is 0 Å². The number of halogens is 1. The molecular weight excluding hydrogens is 359 g/mol. The highest BCUT2D eigenvalue weighted by Gasteiger charge is 2.26. The molecule has 5 heteroatoms. The molecule has 0 radical (unpaired) electrons. The van der Waals surface area contributed by atoms with Crippen molar-refractivity contribution in [1.82, 2.24) is 10.2 Å². The third kappa shape index (κ3) is 3.94. The highest BCUT2D eigenvalue weighted by atomic mass is 32.1. The Morgan fingerprint density at radius 3 is 2.63 bits per heavy atom. The van der Waals surface area contributed by atoms with Gasteiger partial charge in [-0.05, 0) is 41.1 Å². The van der Waals surface area contributed by atoms with Crippen LogP contribution in [0.15, 0.2) is 66.0 Å². The molecule has 0 fully saturated rings. The van der Waals surface area contributed by atoms with Crippen molar-refractivity contribution in [1.29, 1.82) is 0 Å². The number of carbonyl (C=O) groups excluding carboxylic acids is 1. The topological polar surface area (TPSA) is 32.3 Å². The molecule has 0 unspecified atom stereocenters. The van der Waals surface area contributed by atoms with Crippen LogP contribution in [0.5, 0.6) is 0 Å². The van der Waals surface area contributed by atoms with Gasteiger partial charge in [-0.2, -0.15) is 0 Å². The number of carbonyl (C=O) groups is 1. The maximum atomic E-state index is 13.9. The van der Waals surface area contributed by atoms with E-state index in [-0.39, 0.29) is 17.5 Å². The van der Waals surface area contributed by atoms with E-state index in [4.69, 9.17) is 0 Å². The molecule has 138 valence electrons. The smallest absolute Gasteiger partial charge is 0.254 e. The SMILES string of the molecule is O=C(NC[C@@H](c1cccs1)N1CCc2ccccc2C1)c1ccccc1F. The van der Waals surface area contributed by atoms with Gasteiger partial charge < -0.3 is 5.32 Å². The monoisotopic (exact) mass is 380 g/mol. The first kappa shape index (κ1) is 17.9. The number of fused-ring (bicyclic) bond motifs is 1. The summed E-state index contributed by atoms with van der Waals surface area (Å²) in [5, 5.41) is 4.99. The standard InChI is InChI=1S/C22H21FN2OS/c23-19-9-4-3-8-18(19)22(26)24-14-20(21-10-5-13-27-21)25-12-11-16-6-1-2-7-17(16)15-25/h1-10,13,20H,11-12,14-15H2,(H,24,26)/t20-/m0/s1. The number of hydrogen-bond acceptors (Lipinski definition) is 3. The van der Waals surface area contributed by atoms with Crippen LogP contribution in [0.4, 0.5) is 4.39 Å². The van der Waals surface area contributed by atoms with Gasteiger partial charge in [0.25, 0.3) is 5.91 Å². The Labute approximate surface area is 162 Å². The average molecular weight is 380 g/mol. The van der Waals surface area contributed by atoms with Crippen LogP contribution >= 0.6 is 11.3 Å². The predicted octanol–water partition coefficient (Wildman–Crippen LogP) is 4.42. The summed E-state index contributed by atoms with van der Waals surface area (Å²) in [6.45, 7) is 2.25. The number of thiophene rings is 1. The first-order chi connectivity index (χ1) is 13.2. The second kappa shape index (κ2) is 8.03. The minimum atomic E-state index is -0.491. The van der Waals surface area contributed by atoms with Crippen molar-refractivity contribution >= 4 is 17.2 Å². The zero-order chi connectivity index (χ0) is 18.6. The van der Waals surface area contributed by atoms with Crippen LogP contribution in [0.3, 0.4) is 0 Å². The van der Waals surface area contributed by atoms with E-state index in [1.165, 1.54) is 28.1 Å². The second-order valence-corrected chi connectivity index (χ2v) is 7.69. The summed E-state index contributed by atoms with van der Waals surface area (Å²) in [6, 6.07) is 18.8. The Bertz CT molecular complexity index is 926. The number of nitrogens with zero attached hydrogens (tertiary/aromatic N) is 1. The van der Waals surface area contributed by atoms with E-state index in [9.17, 15) is 9.18 Å². The number of nitrogens with one attached hydrogen (secondary N) is 1. The molecule has 1 atom stereocenters. The molecule has 2 aromatic carbocycles. The summed E-state index contributed by atoms with van der Waals surface area (Å²) in [5.41, 5.74) is 2.83. The number of rotatable bonds is 5. The highest BCUT2D eigenvalue weighted by Crippen LogP contribution is 2.30.